The maximum absolute atomic E-state index is 15.0. The number of nitrogens with zero attached hydrogens (tertiary/aromatic N) is 2. The van der Waals surface area contributed by atoms with Crippen LogP contribution in [0.1, 0.15) is 85.7 Å². The summed E-state index contributed by atoms with van der Waals surface area (Å²) in [6.45, 7) is 8.17. The smallest absolute Gasteiger partial charge is 0.252 e. The minimum Gasteiger partial charge on any atom is -0.383 e. The standard InChI is InChI=1S/C42H46F2N6O6/c1-23-31(14-27(16-33(23)43)40(53)49-30-8-9-30)36-11-7-26(20-47-36)39(52)48-22-42(3,4)56-21-29-18-37(29)50-41(54)28-15-32(24(2)34(44)17-28)35-10-6-25(19-46-35)38(51)45-12-13-55-5/h6-7,10-11,14-17,19-20,29-30,37H,8-9,12-13,18,21-22H2,1-5H3,(H,45,51)(H,48,52)(H,49,53)(H,50,54). The summed E-state index contributed by atoms with van der Waals surface area (Å²) < 4.78 is 40.8. The number of rotatable bonds is 16. The number of aromatic nitrogens is 2. The van der Waals surface area contributed by atoms with E-state index < -0.39 is 23.1 Å². The Morgan fingerprint density at radius 1 is 0.750 bits per heavy atom. The van der Waals surface area contributed by atoms with Crippen LogP contribution in [0, 0.1) is 31.4 Å². The minimum absolute atomic E-state index is 0.0382. The molecule has 2 aromatic heterocycles. The molecule has 56 heavy (non-hydrogen) atoms. The number of carbonyl (C=O) groups is 4. The van der Waals surface area contributed by atoms with Crippen LogP contribution in [0.3, 0.4) is 0 Å². The molecule has 0 radical (unpaired) electrons. The first-order valence-corrected chi connectivity index (χ1v) is 18.6. The maximum Gasteiger partial charge on any atom is 0.252 e. The van der Waals surface area contributed by atoms with Crippen molar-refractivity contribution >= 4 is 23.6 Å². The highest BCUT2D eigenvalue weighted by molar-refractivity contribution is 5.98. The largest absolute Gasteiger partial charge is 0.383 e. The van der Waals surface area contributed by atoms with Crippen molar-refractivity contribution in [1.29, 1.82) is 0 Å². The first-order valence-electron chi connectivity index (χ1n) is 18.6. The fourth-order valence-corrected chi connectivity index (χ4v) is 6.03. The van der Waals surface area contributed by atoms with Gasteiger partial charge in [0.25, 0.3) is 23.6 Å². The lowest BCUT2D eigenvalue weighted by Gasteiger charge is -2.26. The molecule has 0 saturated heterocycles. The molecule has 6 rings (SSSR count). The molecule has 4 N–H and O–H groups in total. The predicted molar refractivity (Wildman–Crippen MR) is 205 cm³/mol. The highest BCUT2D eigenvalue weighted by Crippen LogP contribution is 2.33. The van der Waals surface area contributed by atoms with E-state index in [0.717, 1.165) is 12.8 Å². The van der Waals surface area contributed by atoms with Gasteiger partial charge in [-0.05, 0) is 107 Å². The molecule has 2 aromatic carbocycles. The highest BCUT2D eigenvalue weighted by Gasteiger charge is 2.40. The molecule has 2 saturated carbocycles. The second-order valence-corrected chi connectivity index (χ2v) is 15.0. The van der Waals surface area contributed by atoms with E-state index in [4.69, 9.17) is 9.47 Å². The first kappa shape index (κ1) is 40.1. The van der Waals surface area contributed by atoms with E-state index in [1.807, 2.05) is 13.8 Å². The summed E-state index contributed by atoms with van der Waals surface area (Å²) >= 11 is 0. The van der Waals surface area contributed by atoms with Crippen molar-refractivity contribution in [3.63, 3.8) is 0 Å². The number of nitrogens with one attached hydrogen (secondary N) is 4. The van der Waals surface area contributed by atoms with Crippen molar-refractivity contribution in [1.82, 2.24) is 31.2 Å². The molecule has 2 unspecified atom stereocenters. The average Bonchev–Trinajstić information content (AvgIpc) is 4.13. The van der Waals surface area contributed by atoms with Crippen molar-refractivity contribution in [3.05, 3.63) is 106 Å². The number of benzene rings is 2. The maximum atomic E-state index is 15.0. The molecule has 2 atom stereocenters. The monoisotopic (exact) mass is 768 g/mol. The fraction of sp³-hybridized carbons (Fsp3) is 0.381. The van der Waals surface area contributed by atoms with Crippen LogP contribution in [0.5, 0.6) is 0 Å². The molecule has 14 heteroatoms. The number of carbonyl (C=O) groups excluding carboxylic acids is 4. The number of ether oxygens (including phenoxy) is 2. The Hall–Kier alpha value is -5.60. The van der Waals surface area contributed by atoms with Gasteiger partial charge < -0.3 is 30.7 Å². The van der Waals surface area contributed by atoms with Gasteiger partial charge >= 0.3 is 0 Å². The van der Waals surface area contributed by atoms with E-state index in [-0.39, 0.29) is 53.4 Å². The lowest BCUT2D eigenvalue weighted by atomic mass is 10.00. The number of pyridine rings is 2. The fourth-order valence-electron chi connectivity index (χ4n) is 6.03. The second-order valence-electron chi connectivity index (χ2n) is 15.0. The number of hydrogen-bond acceptors (Lipinski definition) is 8. The molecule has 0 bridgehead atoms. The molecule has 2 aliphatic rings. The zero-order valence-corrected chi connectivity index (χ0v) is 32.1. The Morgan fingerprint density at radius 2 is 1.29 bits per heavy atom. The van der Waals surface area contributed by atoms with Gasteiger partial charge in [-0.15, -0.1) is 0 Å². The van der Waals surface area contributed by atoms with E-state index in [2.05, 4.69) is 31.2 Å². The third-order valence-electron chi connectivity index (χ3n) is 9.92. The van der Waals surface area contributed by atoms with Gasteiger partial charge in [-0.3, -0.25) is 29.1 Å². The zero-order chi connectivity index (χ0) is 40.1. The summed E-state index contributed by atoms with van der Waals surface area (Å²) in [5.74, 6) is -2.45. The van der Waals surface area contributed by atoms with Crippen molar-refractivity contribution < 1.29 is 37.4 Å². The first-order chi connectivity index (χ1) is 26.7. The van der Waals surface area contributed by atoms with Gasteiger partial charge in [0, 0.05) is 72.8 Å². The third-order valence-corrected chi connectivity index (χ3v) is 9.92. The van der Waals surface area contributed by atoms with E-state index in [1.54, 1.807) is 57.4 Å². The lowest BCUT2D eigenvalue weighted by molar-refractivity contribution is -0.0218. The van der Waals surface area contributed by atoms with E-state index in [1.165, 1.54) is 24.5 Å². The number of amides is 4. The Morgan fingerprint density at radius 3 is 1.79 bits per heavy atom. The summed E-state index contributed by atoms with van der Waals surface area (Å²) in [5, 5.41) is 11.4. The molecular weight excluding hydrogens is 722 g/mol. The summed E-state index contributed by atoms with van der Waals surface area (Å²) in [5.41, 5.74) is 2.73. The number of hydrogen-bond donors (Lipinski definition) is 4. The van der Waals surface area contributed by atoms with Gasteiger partial charge in [0.1, 0.15) is 11.6 Å². The average molecular weight is 769 g/mol. The summed E-state index contributed by atoms with van der Waals surface area (Å²) in [4.78, 5) is 59.8. The molecule has 4 amide bonds. The third kappa shape index (κ3) is 9.98. The molecule has 12 nitrogen and oxygen atoms in total. The quantitative estimate of drug-likeness (QED) is 0.112. The zero-order valence-electron chi connectivity index (χ0n) is 32.1. The van der Waals surface area contributed by atoms with Gasteiger partial charge in [0.05, 0.1) is 41.3 Å². The lowest BCUT2D eigenvalue weighted by Crippen LogP contribution is -2.41. The predicted octanol–water partition coefficient (Wildman–Crippen LogP) is 5.32. The van der Waals surface area contributed by atoms with Crippen LogP contribution in [0.2, 0.25) is 0 Å². The Kier molecular flexibility index (Phi) is 12.2. The molecular formula is C42H46F2N6O6. The van der Waals surface area contributed by atoms with Crippen LogP contribution in [0.25, 0.3) is 22.5 Å². The second kappa shape index (κ2) is 17.0. The number of halogens is 2. The van der Waals surface area contributed by atoms with Gasteiger partial charge in [0.2, 0.25) is 0 Å². The Bertz CT molecular complexity index is 2120. The normalized spacial score (nSPS) is 16.2. The van der Waals surface area contributed by atoms with Crippen LogP contribution in [-0.4, -0.2) is 84.7 Å². The van der Waals surface area contributed by atoms with Crippen molar-refractivity contribution in [2.75, 3.05) is 33.4 Å². The molecule has 0 aliphatic heterocycles. The molecule has 2 aliphatic carbocycles. The van der Waals surface area contributed by atoms with Crippen LogP contribution in [-0.2, 0) is 9.47 Å². The molecule has 4 aromatic rings. The summed E-state index contributed by atoms with van der Waals surface area (Å²) in [6.07, 6.45) is 5.33. The summed E-state index contributed by atoms with van der Waals surface area (Å²) in [6, 6.07) is 12.0. The van der Waals surface area contributed by atoms with Crippen molar-refractivity contribution in [2.45, 2.75) is 64.6 Å². The topological polar surface area (TPSA) is 161 Å². The van der Waals surface area contributed by atoms with Crippen molar-refractivity contribution in [3.8, 4) is 22.5 Å². The van der Waals surface area contributed by atoms with Crippen LogP contribution in [0.15, 0.2) is 60.9 Å². The van der Waals surface area contributed by atoms with E-state index >= 15 is 4.39 Å². The van der Waals surface area contributed by atoms with Gasteiger partial charge in [-0.2, -0.15) is 0 Å². The van der Waals surface area contributed by atoms with Crippen LogP contribution < -0.4 is 21.3 Å². The van der Waals surface area contributed by atoms with Crippen LogP contribution in [0.4, 0.5) is 8.78 Å². The van der Waals surface area contributed by atoms with Gasteiger partial charge in [0.15, 0.2) is 0 Å². The molecule has 2 fully saturated rings. The van der Waals surface area contributed by atoms with Crippen molar-refractivity contribution in [2.24, 2.45) is 5.92 Å². The highest BCUT2D eigenvalue weighted by atomic mass is 19.1. The van der Waals surface area contributed by atoms with Gasteiger partial charge in [-0.25, -0.2) is 8.78 Å². The minimum atomic E-state index is -0.738. The number of methoxy groups -OCH3 is 1. The SMILES string of the molecule is COCCNC(=O)c1ccc(-c2cc(C(=O)NC3CC3COC(C)(C)CNC(=O)c3ccc(-c4cc(C(=O)NC5CC5)cc(F)c4C)nc3)cc(F)c2C)nc1. The molecule has 0 spiro atoms. The Labute approximate surface area is 324 Å². The Balaban J connectivity index is 0.979. The van der Waals surface area contributed by atoms with Crippen LogP contribution >= 0.6 is 0 Å². The van der Waals surface area contributed by atoms with E-state index in [9.17, 15) is 23.6 Å². The summed E-state index contributed by atoms with van der Waals surface area (Å²) in [7, 11) is 1.54. The molecule has 2 heterocycles. The van der Waals surface area contributed by atoms with Gasteiger partial charge in [-0.1, -0.05) is 0 Å². The van der Waals surface area contributed by atoms with E-state index in [0.29, 0.717) is 70.9 Å². The molecule has 294 valence electrons.